The summed E-state index contributed by atoms with van der Waals surface area (Å²) < 4.78 is 12.5. The molecule has 0 N–H and O–H groups in total. The molecule has 0 bridgehead atoms. The van der Waals surface area contributed by atoms with Crippen LogP contribution in [0.1, 0.15) is 18.2 Å². The maximum absolute atomic E-state index is 5.44. The maximum Gasteiger partial charge on any atom is 0.210 e. The molecule has 6 nitrogen and oxygen atoms in total. The number of ether oxygens (including phenoxy) is 2. The van der Waals surface area contributed by atoms with E-state index in [4.69, 9.17) is 14.3 Å². The van der Waals surface area contributed by atoms with Crippen LogP contribution in [0.5, 0.6) is 11.5 Å². The summed E-state index contributed by atoms with van der Waals surface area (Å²) in [5.41, 5.74) is 1.76. The summed E-state index contributed by atoms with van der Waals surface area (Å²) in [4.78, 5) is 9.46. The van der Waals surface area contributed by atoms with E-state index in [2.05, 4.69) is 10.1 Å². The van der Waals surface area contributed by atoms with Crippen LogP contribution in [0.15, 0.2) is 42.1 Å². The second kappa shape index (κ2) is 5.24. The van der Waals surface area contributed by atoms with Crippen molar-refractivity contribution in [3.63, 3.8) is 0 Å². The van der Waals surface area contributed by atoms with Crippen molar-refractivity contribution in [2.24, 2.45) is 5.16 Å². The van der Waals surface area contributed by atoms with Crippen LogP contribution in [0.3, 0.4) is 0 Å². The minimum atomic E-state index is -0.153. The van der Waals surface area contributed by atoms with Crippen LogP contribution >= 0.6 is 0 Å². The zero-order valence-electron chi connectivity index (χ0n) is 11.3. The predicted molar refractivity (Wildman–Crippen MR) is 73.0 cm³/mol. The molecule has 1 aromatic heterocycles. The number of nitrogens with zero attached hydrogens (tertiary/aromatic N) is 3. The van der Waals surface area contributed by atoms with Crippen molar-refractivity contribution in [3.8, 4) is 11.5 Å². The number of rotatable bonds is 4. The van der Waals surface area contributed by atoms with Crippen LogP contribution in [0, 0.1) is 0 Å². The van der Waals surface area contributed by atoms with Gasteiger partial charge in [0.15, 0.2) is 0 Å². The molecular formula is C14H15N3O3. The average Bonchev–Trinajstić information content (AvgIpc) is 3.17. The van der Waals surface area contributed by atoms with Crippen LogP contribution in [0.25, 0.3) is 0 Å². The molecule has 0 aliphatic carbocycles. The molecule has 0 radical (unpaired) electrons. The topological polar surface area (TPSA) is 57.9 Å². The Labute approximate surface area is 116 Å². The van der Waals surface area contributed by atoms with E-state index in [9.17, 15) is 0 Å². The largest absolute Gasteiger partial charge is 0.497 e. The molecule has 0 fully saturated rings. The van der Waals surface area contributed by atoms with Crippen molar-refractivity contribution in [2.45, 2.75) is 12.6 Å². The Bertz CT molecular complexity index is 623. The number of oxime groups is 1. The molecule has 1 aromatic carbocycles. The van der Waals surface area contributed by atoms with E-state index in [1.54, 1.807) is 26.7 Å². The first-order chi connectivity index (χ1) is 9.81. The summed E-state index contributed by atoms with van der Waals surface area (Å²) in [5, 5.41) is 4.15. The van der Waals surface area contributed by atoms with E-state index in [1.165, 1.54) is 0 Å². The molecular weight excluding hydrogens is 258 g/mol. The number of benzene rings is 1. The SMILES string of the molecule is COc1ccc(C2=NOC(n3ccnc3)C2)c(OC)c1. The van der Waals surface area contributed by atoms with Crippen LogP contribution in [0.4, 0.5) is 0 Å². The van der Waals surface area contributed by atoms with Gasteiger partial charge in [-0.2, -0.15) is 0 Å². The van der Waals surface area contributed by atoms with E-state index in [0.717, 1.165) is 22.8 Å². The summed E-state index contributed by atoms with van der Waals surface area (Å²) in [5.74, 6) is 1.47. The first-order valence-corrected chi connectivity index (χ1v) is 6.24. The minimum absolute atomic E-state index is 0.153. The quantitative estimate of drug-likeness (QED) is 0.857. The number of methoxy groups -OCH3 is 2. The molecule has 0 saturated carbocycles. The molecule has 104 valence electrons. The number of hydrogen-bond acceptors (Lipinski definition) is 5. The fraction of sp³-hybridized carbons (Fsp3) is 0.286. The Balaban J connectivity index is 1.84. The standard InChI is InChI=1S/C14H15N3O3/c1-18-10-3-4-11(13(7-10)19-2)12-8-14(20-16-12)17-6-5-15-9-17/h3-7,9,14H,8H2,1-2H3. The van der Waals surface area contributed by atoms with Crippen molar-refractivity contribution < 1.29 is 14.3 Å². The summed E-state index contributed by atoms with van der Waals surface area (Å²) in [6, 6.07) is 5.64. The van der Waals surface area contributed by atoms with Gasteiger partial charge < -0.3 is 14.3 Å². The number of aromatic nitrogens is 2. The number of hydrogen-bond donors (Lipinski definition) is 0. The Morgan fingerprint density at radius 2 is 2.20 bits per heavy atom. The predicted octanol–water partition coefficient (Wildman–Crippen LogP) is 2.22. The lowest BCUT2D eigenvalue weighted by Crippen LogP contribution is -2.08. The third-order valence-corrected chi connectivity index (χ3v) is 3.23. The van der Waals surface area contributed by atoms with Crippen molar-refractivity contribution in [3.05, 3.63) is 42.5 Å². The molecule has 0 amide bonds. The van der Waals surface area contributed by atoms with Crippen LogP contribution in [-0.2, 0) is 4.84 Å². The molecule has 0 saturated heterocycles. The molecule has 1 aliphatic rings. The van der Waals surface area contributed by atoms with Gasteiger partial charge in [0, 0.05) is 24.0 Å². The molecule has 1 atom stereocenters. The number of imidazole rings is 1. The lowest BCUT2D eigenvalue weighted by atomic mass is 10.1. The zero-order valence-corrected chi connectivity index (χ0v) is 11.3. The normalized spacial score (nSPS) is 17.5. The van der Waals surface area contributed by atoms with Crippen molar-refractivity contribution in [1.82, 2.24) is 9.55 Å². The monoisotopic (exact) mass is 273 g/mol. The van der Waals surface area contributed by atoms with Gasteiger partial charge >= 0.3 is 0 Å². The van der Waals surface area contributed by atoms with E-state index in [-0.39, 0.29) is 6.23 Å². The van der Waals surface area contributed by atoms with Crippen LogP contribution in [0.2, 0.25) is 0 Å². The molecule has 1 unspecified atom stereocenters. The highest BCUT2D eigenvalue weighted by Gasteiger charge is 2.25. The maximum atomic E-state index is 5.44. The summed E-state index contributed by atoms with van der Waals surface area (Å²) >= 11 is 0. The average molecular weight is 273 g/mol. The third kappa shape index (κ3) is 2.20. The van der Waals surface area contributed by atoms with E-state index in [0.29, 0.717) is 6.42 Å². The Morgan fingerprint density at radius 1 is 1.30 bits per heavy atom. The fourth-order valence-corrected chi connectivity index (χ4v) is 2.16. The first-order valence-electron chi connectivity index (χ1n) is 6.24. The fourth-order valence-electron chi connectivity index (χ4n) is 2.16. The lowest BCUT2D eigenvalue weighted by Gasteiger charge is -2.10. The molecule has 20 heavy (non-hydrogen) atoms. The second-order valence-electron chi connectivity index (χ2n) is 4.38. The van der Waals surface area contributed by atoms with Gasteiger partial charge in [0.1, 0.15) is 11.5 Å². The highest BCUT2D eigenvalue weighted by atomic mass is 16.7. The Morgan fingerprint density at radius 3 is 2.90 bits per heavy atom. The molecule has 6 heteroatoms. The van der Waals surface area contributed by atoms with E-state index < -0.39 is 0 Å². The van der Waals surface area contributed by atoms with Gasteiger partial charge in [0.25, 0.3) is 0 Å². The highest BCUT2D eigenvalue weighted by molar-refractivity contribution is 6.03. The van der Waals surface area contributed by atoms with Crippen LogP contribution < -0.4 is 9.47 Å². The van der Waals surface area contributed by atoms with Gasteiger partial charge in [-0.25, -0.2) is 4.98 Å². The summed E-state index contributed by atoms with van der Waals surface area (Å²) in [7, 11) is 3.25. The third-order valence-electron chi connectivity index (χ3n) is 3.23. The van der Waals surface area contributed by atoms with Gasteiger partial charge in [-0.15, -0.1) is 0 Å². The van der Waals surface area contributed by atoms with Gasteiger partial charge in [0.2, 0.25) is 6.23 Å². The minimum Gasteiger partial charge on any atom is -0.497 e. The molecule has 3 rings (SSSR count). The van der Waals surface area contributed by atoms with Crippen LogP contribution in [-0.4, -0.2) is 29.5 Å². The molecule has 2 aromatic rings. The van der Waals surface area contributed by atoms with Gasteiger partial charge in [-0.1, -0.05) is 5.16 Å². The molecule has 2 heterocycles. The molecule has 0 spiro atoms. The van der Waals surface area contributed by atoms with E-state index >= 15 is 0 Å². The zero-order chi connectivity index (χ0) is 13.9. The van der Waals surface area contributed by atoms with E-state index in [1.807, 2.05) is 29.0 Å². The Kier molecular flexibility index (Phi) is 3.28. The summed E-state index contributed by atoms with van der Waals surface area (Å²) in [6.45, 7) is 0. The van der Waals surface area contributed by atoms with Crippen molar-refractivity contribution >= 4 is 5.71 Å². The van der Waals surface area contributed by atoms with Gasteiger partial charge in [-0.3, -0.25) is 4.57 Å². The van der Waals surface area contributed by atoms with Gasteiger partial charge in [-0.05, 0) is 12.1 Å². The smallest absolute Gasteiger partial charge is 0.210 e. The Hall–Kier alpha value is -2.50. The molecule has 1 aliphatic heterocycles. The van der Waals surface area contributed by atoms with Crippen molar-refractivity contribution in [2.75, 3.05) is 14.2 Å². The highest BCUT2D eigenvalue weighted by Crippen LogP contribution is 2.31. The second-order valence-corrected chi connectivity index (χ2v) is 4.38. The first kappa shape index (κ1) is 12.5. The van der Waals surface area contributed by atoms with Crippen molar-refractivity contribution in [1.29, 1.82) is 0 Å². The lowest BCUT2D eigenvalue weighted by molar-refractivity contribution is 0.0322. The summed E-state index contributed by atoms with van der Waals surface area (Å²) in [6.07, 6.45) is 5.80. The van der Waals surface area contributed by atoms with Gasteiger partial charge in [0.05, 0.1) is 32.7 Å².